The van der Waals surface area contributed by atoms with Crippen LogP contribution in [0.2, 0.25) is 0 Å². The lowest BCUT2D eigenvalue weighted by molar-refractivity contribution is -0.130. The van der Waals surface area contributed by atoms with Crippen LogP contribution in [-0.2, 0) is 11.3 Å². The van der Waals surface area contributed by atoms with Crippen LogP contribution < -0.4 is 5.73 Å². The Bertz CT molecular complexity index is 759. The molecule has 3 aliphatic rings. The van der Waals surface area contributed by atoms with Gasteiger partial charge in [0.25, 0.3) is 0 Å². The number of hydrogen-bond acceptors (Lipinski definition) is 5. The Kier molecular flexibility index (Phi) is 5.45. The second kappa shape index (κ2) is 7.85. The number of rotatable bonds is 6. The number of aryl methyl sites for hydroxylation is 1. The minimum absolute atomic E-state index is 0.0375. The van der Waals surface area contributed by atoms with Crippen molar-refractivity contribution in [2.24, 2.45) is 28.5 Å². The van der Waals surface area contributed by atoms with Crippen LogP contribution in [0.5, 0.6) is 0 Å². The molecular weight excluding hydrogens is 354 g/mol. The molecule has 2 aliphatic carbocycles. The molecule has 1 unspecified atom stereocenters. The molecule has 2 heterocycles. The standard InChI is InChI=1S/C21H33N5O2/c1-13-6-8-16(9-7-13)12-26-14(2)23-19-17(26)18(22)25(20(24-19)21(27)28)11-10-15-4-3-5-15/h13,15-16,18H,3-12,22H2,1-2H3,(H,27,28). The molecule has 28 heavy (non-hydrogen) atoms. The van der Waals surface area contributed by atoms with Gasteiger partial charge in [0.1, 0.15) is 17.7 Å². The molecule has 1 atom stereocenters. The first-order valence-corrected chi connectivity index (χ1v) is 10.8. The Labute approximate surface area is 167 Å². The van der Waals surface area contributed by atoms with Gasteiger partial charge in [-0.2, -0.15) is 0 Å². The van der Waals surface area contributed by atoms with Gasteiger partial charge in [0.2, 0.25) is 5.84 Å². The van der Waals surface area contributed by atoms with Gasteiger partial charge in [-0.25, -0.2) is 14.8 Å². The summed E-state index contributed by atoms with van der Waals surface area (Å²) in [5.74, 6) is 2.53. The van der Waals surface area contributed by atoms with E-state index in [1.165, 1.54) is 44.9 Å². The van der Waals surface area contributed by atoms with Crippen molar-refractivity contribution in [3.05, 3.63) is 11.5 Å². The normalized spacial score (nSPS) is 27.9. The highest BCUT2D eigenvalue weighted by molar-refractivity contribution is 6.35. The van der Waals surface area contributed by atoms with E-state index in [0.717, 1.165) is 30.4 Å². The minimum Gasteiger partial charge on any atom is -0.475 e. The van der Waals surface area contributed by atoms with Crippen LogP contribution >= 0.6 is 0 Å². The molecule has 0 amide bonds. The fourth-order valence-corrected chi connectivity index (χ4v) is 4.90. The first-order chi connectivity index (χ1) is 13.4. The maximum Gasteiger partial charge on any atom is 0.371 e. The quantitative estimate of drug-likeness (QED) is 0.777. The molecule has 0 spiro atoms. The van der Waals surface area contributed by atoms with E-state index in [9.17, 15) is 9.90 Å². The molecule has 0 bridgehead atoms. The monoisotopic (exact) mass is 387 g/mol. The summed E-state index contributed by atoms with van der Waals surface area (Å²) in [6, 6.07) is 0. The highest BCUT2D eigenvalue weighted by atomic mass is 16.4. The lowest BCUT2D eigenvalue weighted by atomic mass is 9.83. The molecule has 1 aromatic rings. The molecule has 2 fully saturated rings. The average molecular weight is 388 g/mol. The third-order valence-corrected chi connectivity index (χ3v) is 7.05. The molecular formula is C21H33N5O2. The zero-order chi connectivity index (χ0) is 19.8. The van der Waals surface area contributed by atoms with Gasteiger partial charge >= 0.3 is 5.97 Å². The van der Waals surface area contributed by atoms with E-state index in [2.05, 4.69) is 21.5 Å². The summed E-state index contributed by atoms with van der Waals surface area (Å²) >= 11 is 0. The highest BCUT2D eigenvalue weighted by Crippen LogP contribution is 2.37. The van der Waals surface area contributed by atoms with Crippen LogP contribution in [0.1, 0.15) is 76.0 Å². The third kappa shape index (κ3) is 3.69. The van der Waals surface area contributed by atoms with Crippen molar-refractivity contribution in [1.82, 2.24) is 14.5 Å². The zero-order valence-electron chi connectivity index (χ0n) is 17.1. The predicted octanol–water partition coefficient (Wildman–Crippen LogP) is 3.60. The number of fused-ring (bicyclic) bond motifs is 1. The minimum atomic E-state index is -1.02. The maximum absolute atomic E-state index is 11.8. The van der Waals surface area contributed by atoms with Gasteiger partial charge < -0.3 is 20.3 Å². The number of aromatic nitrogens is 2. The van der Waals surface area contributed by atoms with Crippen molar-refractivity contribution in [3.63, 3.8) is 0 Å². The SMILES string of the molecule is Cc1nc2c(n1CC1CCC(C)CC1)C(N)N(CCC1CCC1)C(C(=O)O)=N2. The fourth-order valence-electron chi connectivity index (χ4n) is 4.90. The summed E-state index contributed by atoms with van der Waals surface area (Å²) in [4.78, 5) is 22.6. The van der Waals surface area contributed by atoms with Crippen molar-refractivity contribution >= 4 is 17.6 Å². The topological polar surface area (TPSA) is 96.7 Å². The molecule has 1 aliphatic heterocycles. The number of carboxylic acids is 1. The summed E-state index contributed by atoms with van der Waals surface area (Å²) in [6.45, 7) is 5.86. The van der Waals surface area contributed by atoms with E-state index in [4.69, 9.17) is 5.73 Å². The lowest BCUT2D eigenvalue weighted by Crippen LogP contribution is -2.47. The van der Waals surface area contributed by atoms with E-state index >= 15 is 0 Å². The smallest absolute Gasteiger partial charge is 0.371 e. The van der Waals surface area contributed by atoms with Crippen molar-refractivity contribution in [1.29, 1.82) is 0 Å². The highest BCUT2D eigenvalue weighted by Gasteiger charge is 2.36. The van der Waals surface area contributed by atoms with Crippen molar-refractivity contribution in [3.8, 4) is 0 Å². The molecule has 4 rings (SSSR count). The van der Waals surface area contributed by atoms with Gasteiger partial charge in [-0.15, -0.1) is 0 Å². The van der Waals surface area contributed by atoms with Gasteiger partial charge in [0.15, 0.2) is 5.82 Å². The number of carbonyl (C=O) groups is 1. The number of imidazole rings is 1. The van der Waals surface area contributed by atoms with E-state index < -0.39 is 12.1 Å². The van der Waals surface area contributed by atoms with Crippen LogP contribution in [0, 0.1) is 24.7 Å². The molecule has 3 N–H and O–H groups in total. The number of aliphatic carboxylic acids is 1. The molecule has 2 saturated carbocycles. The maximum atomic E-state index is 11.8. The molecule has 0 radical (unpaired) electrons. The van der Waals surface area contributed by atoms with Gasteiger partial charge in [-0.1, -0.05) is 39.0 Å². The van der Waals surface area contributed by atoms with Crippen LogP contribution in [0.3, 0.4) is 0 Å². The van der Waals surface area contributed by atoms with Crippen molar-refractivity contribution in [2.45, 2.75) is 77.9 Å². The average Bonchev–Trinajstić information content (AvgIpc) is 2.92. The van der Waals surface area contributed by atoms with Gasteiger partial charge in [-0.05, 0) is 43.9 Å². The summed E-state index contributed by atoms with van der Waals surface area (Å²) in [5, 5.41) is 9.69. The predicted molar refractivity (Wildman–Crippen MR) is 108 cm³/mol. The summed E-state index contributed by atoms with van der Waals surface area (Å²) in [7, 11) is 0. The van der Waals surface area contributed by atoms with Crippen LogP contribution in [-0.4, -0.2) is 37.9 Å². The Hall–Kier alpha value is -1.89. The van der Waals surface area contributed by atoms with Gasteiger partial charge in [0.05, 0.1) is 0 Å². The second-order valence-corrected chi connectivity index (χ2v) is 9.07. The van der Waals surface area contributed by atoms with Crippen LogP contribution in [0.4, 0.5) is 5.82 Å². The second-order valence-electron chi connectivity index (χ2n) is 9.07. The number of carboxylic acid groups (broad SMARTS) is 1. The van der Waals surface area contributed by atoms with E-state index in [-0.39, 0.29) is 5.84 Å². The molecule has 7 heteroatoms. The third-order valence-electron chi connectivity index (χ3n) is 7.05. The van der Waals surface area contributed by atoms with Crippen molar-refractivity contribution in [2.75, 3.05) is 6.54 Å². The Morgan fingerprint density at radius 2 is 1.89 bits per heavy atom. The molecule has 0 saturated heterocycles. The number of nitrogens with zero attached hydrogens (tertiary/aromatic N) is 4. The van der Waals surface area contributed by atoms with Crippen LogP contribution in [0.25, 0.3) is 0 Å². The van der Waals surface area contributed by atoms with E-state index in [1.807, 2.05) is 6.92 Å². The largest absolute Gasteiger partial charge is 0.475 e. The van der Waals surface area contributed by atoms with E-state index in [1.54, 1.807) is 4.90 Å². The summed E-state index contributed by atoms with van der Waals surface area (Å²) in [6.07, 6.45) is 9.27. The summed E-state index contributed by atoms with van der Waals surface area (Å²) < 4.78 is 2.21. The Morgan fingerprint density at radius 3 is 2.50 bits per heavy atom. The Morgan fingerprint density at radius 1 is 1.18 bits per heavy atom. The van der Waals surface area contributed by atoms with Gasteiger partial charge in [0, 0.05) is 13.1 Å². The van der Waals surface area contributed by atoms with Crippen LogP contribution in [0.15, 0.2) is 4.99 Å². The number of hydrogen-bond donors (Lipinski definition) is 2. The fraction of sp³-hybridized carbons (Fsp3) is 0.762. The number of nitrogens with two attached hydrogens (primary N) is 1. The lowest BCUT2D eigenvalue weighted by Gasteiger charge is -2.36. The van der Waals surface area contributed by atoms with Gasteiger partial charge in [-0.3, -0.25) is 0 Å². The Balaban J connectivity index is 1.58. The van der Waals surface area contributed by atoms with Crippen molar-refractivity contribution < 1.29 is 9.90 Å². The number of aliphatic imine (C=N–C) groups is 1. The molecule has 154 valence electrons. The molecule has 0 aromatic carbocycles. The number of amidine groups is 1. The first-order valence-electron chi connectivity index (χ1n) is 10.8. The molecule has 7 nitrogen and oxygen atoms in total. The zero-order valence-corrected chi connectivity index (χ0v) is 17.1. The first kappa shape index (κ1) is 19.4. The molecule has 1 aromatic heterocycles. The summed E-state index contributed by atoms with van der Waals surface area (Å²) in [5.41, 5.74) is 7.51. The van der Waals surface area contributed by atoms with E-state index in [0.29, 0.717) is 24.2 Å².